The van der Waals surface area contributed by atoms with Crippen LogP contribution in [0, 0.1) is 23.7 Å². The Morgan fingerprint density at radius 3 is 2.86 bits per heavy atom. The van der Waals surface area contributed by atoms with Crippen molar-refractivity contribution in [1.82, 2.24) is 14.9 Å². The molecule has 4 nitrogen and oxygen atoms in total. The second-order valence-corrected chi connectivity index (χ2v) is 6.30. The Hall–Kier alpha value is -1.86. The maximum Gasteiger partial charge on any atom is 0.106 e. The van der Waals surface area contributed by atoms with Gasteiger partial charge in [0.1, 0.15) is 5.82 Å². The van der Waals surface area contributed by atoms with Gasteiger partial charge >= 0.3 is 0 Å². The minimum Gasteiger partial charge on any atom is -0.327 e. The first-order valence-electron chi connectivity index (χ1n) is 7.53. The molecule has 1 aromatic heterocycles. The predicted octanol–water partition coefficient (Wildman–Crippen LogP) is 3.26. The van der Waals surface area contributed by atoms with Crippen molar-refractivity contribution in [3.63, 3.8) is 0 Å². The maximum absolute atomic E-state index is 8.68. The number of aromatic nitrogens is 2. The van der Waals surface area contributed by atoms with E-state index in [4.69, 9.17) is 5.26 Å². The zero-order valence-electron chi connectivity index (χ0n) is 13.2. The highest BCUT2D eigenvalue weighted by Crippen LogP contribution is 2.20. The monoisotopic (exact) mass is 284 g/mol. The number of imidazole rings is 1. The average molecular weight is 284 g/mol. The van der Waals surface area contributed by atoms with Gasteiger partial charge in [-0.25, -0.2) is 4.98 Å². The maximum atomic E-state index is 8.68. The van der Waals surface area contributed by atoms with E-state index in [0.29, 0.717) is 6.42 Å². The van der Waals surface area contributed by atoms with Crippen molar-refractivity contribution in [1.29, 1.82) is 5.26 Å². The Balaban J connectivity index is 1.88. The SMILES string of the molecule is Cc1nc2ccccc2n1CCNCC(C)(C)CCC#N. The quantitative estimate of drug-likeness (QED) is 0.794. The summed E-state index contributed by atoms with van der Waals surface area (Å²) in [6.07, 6.45) is 1.56. The highest BCUT2D eigenvalue weighted by Gasteiger charge is 2.16. The molecule has 1 aromatic carbocycles. The molecule has 4 heteroatoms. The smallest absolute Gasteiger partial charge is 0.106 e. The summed E-state index contributed by atoms with van der Waals surface area (Å²) >= 11 is 0. The minimum absolute atomic E-state index is 0.168. The zero-order valence-corrected chi connectivity index (χ0v) is 13.2. The summed E-state index contributed by atoms with van der Waals surface area (Å²) in [5.41, 5.74) is 2.42. The molecule has 1 heterocycles. The van der Waals surface area contributed by atoms with Crippen molar-refractivity contribution in [2.45, 2.75) is 40.2 Å². The standard InChI is InChI=1S/C17H24N4/c1-14-20-15-7-4-5-8-16(15)21(14)12-11-19-13-17(2,3)9-6-10-18/h4-5,7-8,19H,6,9,11-13H2,1-3H3. The average Bonchev–Trinajstić information content (AvgIpc) is 2.77. The lowest BCUT2D eigenvalue weighted by Crippen LogP contribution is -2.31. The lowest BCUT2D eigenvalue weighted by molar-refractivity contribution is 0.316. The lowest BCUT2D eigenvalue weighted by Gasteiger charge is -2.24. The van der Waals surface area contributed by atoms with Crippen LogP contribution in [0.5, 0.6) is 0 Å². The number of para-hydroxylation sites is 2. The van der Waals surface area contributed by atoms with Gasteiger partial charge in [-0.3, -0.25) is 0 Å². The number of fused-ring (bicyclic) bond motifs is 1. The van der Waals surface area contributed by atoms with Gasteiger partial charge in [0.25, 0.3) is 0 Å². The van der Waals surface area contributed by atoms with Crippen molar-refractivity contribution in [2.75, 3.05) is 13.1 Å². The van der Waals surface area contributed by atoms with Crippen LogP contribution in [0.2, 0.25) is 0 Å². The molecule has 112 valence electrons. The molecule has 0 aliphatic rings. The summed E-state index contributed by atoms with van der Waals surface area (Å²) in [7, 11) is 0. The third kappa shape index (κ3) is 4.05. The Bertz CT molecular complexity index is 634. The number of rotatable bonds is 7. The number of hydrogen-bond donors (Lipinski definition) is 1. The topological polar surface area (TPSA) is 53.6 Å². The number of hydrogen-bond acceptors (Lipinski definition) is 3. The Morgan fingerprint density at radius 2 is 2.10 bits per heavy atom. The first-order chi connectivity index (χ1) is 10.0. The predicted molar refractivity (Wildman–Crippen MR) is 86.0 cm³/mol. The summed E-state index contributed by atoms with van der Waals surface area (Å²) in [5.74, 6) is 1.06. The van der Waals surface area contributed by atoms with Crippen LogP contribution in [0.1, 0.15) is 32.5 Å². The Labute approximate surface area is 126 Å². The van der Waals surface area contributed by atoms with Gasteiger partial charge in [-0.15, -0.1) is 0 Å². The number of nitrogens with zero attached hydrogens (tertiary/aromatic N) is 3. The van der Waals surface area contributed by atoms with Crippen molar-refractivity contribution in [3.05, 3.63) is 30.1 Å². The Morgan fingerprint density at radius 1 is 1.33 bits per heavy atom. The molecule has 2 rings (SSSR count). The van der Waals surface area contributed by atoms with E-state index in [2.05, 4.69) is 59.9 Å². The molecule has 0 spiro atoms. The largest absolute Gasteiger partial charge is 0.327 e. The normalized spacial score (nSPS) is 11.7. The fraction of sp³-hybridized carbons (Fsp3) is 0.529. The van der Waals surface area contributed by atoms with Crippen LogP contribution in [0.15, 0.2) is 24.3 Å². The molecule has 0 atom stereocenters. The van der Waals surface area contributed by atoms with Gasteiger partial charge in [0.2, 0.25) is 0 Å². The molecule has 0 saturated carbocycles. The van der Waals surface area contributed by atoms with E-state index in [1.165, 1.54) is 5.52 Å². The minimum atomic E-state index is 0.168. The van der Waals surface area contributed by atoms with Gasteiger partial charge in [0.15, 0.2) is 0 Å². The number of nitrogens with one attached hydrogen (secondary N) is 1. The summed E-state index contributed by atoms with van der Waals surface area (Å²) in [5, 5.41) is 12.2. The van der Waals surface area contributed by atoms with Gasteiger partial charge in [-0.05, 0) is 30.9 Å². The van der Waals surface area contributed by atoms with Gasteiger partial charge in [0, 0.05) is 26.1 Å². The first-order valence-corrected chi connectivity index (χ1v) is 7.53. The third-order valence-corrected chi connectivity index (χ3v) is 3.87. The fourth-order valence-corrected chi connectivity index (χ4v) is 2.58. The molecule has 21 heavy (non-hydrogen) atoms. The van der Waals surface area contributed by atoms with Gasteiger partial charge < -0.3 is 9.88 Å². The summed E-state index contributed by atoms with van der Waals surface area (Å²) in [4.78, 5) is 4.58. The molecule has 0 amide bonds. The van der Waals surface area contributed by atoms with Gasteiger partial charge in [0.05, 0.1) is 17.1 Å². The van der Waals surface area contributed by atoms with E-state index in [-0.39, 0.29) is 5.41 Å². The summed E-state index contributed by atoms with van der Waals surface area (Å²) in [6.45, 7) is 9.22. The zero-order chi connectivity index (χ0) is 15.3. The van der Waals surface area contributed by atoms with E-state index in [1.807, 2.05) is 6.07 Å². The first kappa shape index (κ1) is 15.5. The van der Waals surface area contributed by atoms with E-state index in [0.717, 1.165) is 37.4 Å². The molecule has 0 saturated heterocycles. The molecule has 0 radical (unpaired) electrons. The molecule has 0 fully saturated rings. The van der Waals surface area contributed by atoms with Crippen LogP contribution in [-0.4, -0.2) is 22.6 Å². The van der Waals surface area contributed by atoms with Crippen molar-refractivity contribution >= 4 is 11.0 Å². The molecule has 0 unspecified atom stereocenters. The summed E-state index contributed by atoms with van der Waals surface area (Å²) in [6, 6.07) is 10.5. The van der Waals surface area contributed by atoms with Crippen LogP contribution in [-0.2, 0) is 6.54 Å². The molecule has 0 aliphatic carbocycles. The van der Waals surface area contributed by atoms with Crippen molar-refractivity contribution < 1.29 is 0 Å². The number of benzene rings is 1. The molecular weight excluding hydrogens is 260 g/mol. The van der Waals surface area contributed by atoms with E-state index in [1.54, 1.807) is 0 Å². The van der Waals surface area contributed by atoms with E-state index >= 15 is 0 Å². The molecular formula is C17H24N4. The van der Waals surface area contributed by atoms with Crippen LogP contribution in [0.4, 0.5) is 0 Å². The summed E-state index contributed by atoms with van der Waals surface area (Å²) < 4.78 is 2.25. The molecule has 2 aromatic rings. The van der Waals surface area contributed by atoms with Crippen LogP contribution in [0.3, 0.4) is 0 Å². The fourth-order valence-electron chi connectivity index (χ4n) is 2.58. The Kier molecular flexibility index (Phi) is 4.98. The van der Waals surface area contributed by atoms with Crippen molar-refractivity contribution in [2.24, 2.45) is 5.41 Å². The second-order valence-electron chi connectivity index (χ2n) is 6.30. The van der Waals surface area contributed by atoms with Gasteiger partial charge in [-0.2, -0.15) is 5.26 Å². The molecule has 0 aliphatic heterocycles. The van der Waals surface area contributed by atoms with Crippen LogP contribution < -0.4 is 5.32 Å². The highest BCUT2D eigenvalue weighted by atomic mass is 15.1. The number of nitriles is 1. The van der Waals surface area contributed by atoms with Gasteiger partial charge in [-0.1, -0.05) is 26.0 Å². The van der Waals surface area contributed by atoms with Crippen LogP contribution >= 0.6 is 0 Å². The highest BCUT2D eigenvalue weighted by molar-refractivity contribution is 5.75. The third-order valence-electron chi connectivity index (χ3n) is 3.87. The second kappa shape index (κ2) is 6.73. The van der Waals surface area contributed by atoms with Crippen LogP contribution in [0.25, 0.3) is 11.0 Å². The molecule has 1 N–H and O–H groups in total. The molecule has 0 bridgehead atoms. The lowest BCUT2D eigenvalue weighted by atomic mass is 9.88. The van der Waals surface area contributed by atoms with E-state index < -0.39 is 0 Å². The van der Waals surface area contributed by atoms with E-state index in [9.17, 15) is 0 Å². The van der Waals surface area contributed by atoms with Crippen molar-refractivity contribution in [3.8, 4) is 6.07 Å². The number of aryl methyl sites for hydroxylation is 1.